The van der Waals surface area contributed by atoms with Crippen LogP contribution in [0.15, 0.2) is 48.8 Å². The summed E-state index contributed by atoms with van der Waals surface area (Å²) in [6.07, 6.45) is 4.98. The molecule has 0 radical (unpaired) electrons. The molecule has 0 aliphatic heterocycles. The van der Waals surface area contributed by atoms with E-state index in [4.69, 9.17) is 0 Å². The van der Waals surface area contributed by atoms with Gasteiger partial charge in [0.25, 0.3) is 0 Å². The van der Waals surface area contributed by atoms with Crippen molar-refractivity contribution in [3.8, 4) is 10.4 Å². The normalized spacial score (nSPS) is 12.7. The molecule has 0 spiro atoms. The molecular formula is C18H20N2S. The van der Waals surface area contributed by atoms with Gasteiger partial charge in [-0.2, -0.15) is 0 Å². The van der Waals surface area contributed by atoms with Gasteiger partial charge in [0.2, 0.25) is 0 Å². The number of hydrogen-bond donors (Lipinski definition) is 1. The minimum absolute atomic E-state index is 0.414. The Labute approximate surface area is 129 Å². The van der Waals surface area contributed by atoms with Crippen molar-refractivity contribution in [2.24, 2.45) is 0 Å². The Kier molecular flexibility index (Phi) is 4.32. The monoisotopic (exact) mass is 296 g/mol. The molecule has 0 aliphatic carbocycles. The molecule has 1 N–H and O–H groups in total. The molecule has 0 fully saturated rings. The van der Waals surface area contributed by atoms with Crippen molar-refractivity contribution in [1.29, 1.82) is 0 Å². The second-order valence-corrected chi connectivity index (χ2v) is 6.40. The summed E-state index contributed by atoms with van der Waals surface area (Å²) in [6, 6.07) is 13.4. The first-order chi connectivity index (χ1) is 10.3. The molecule has 0 amide bonds. The average molecular weight is 296 g/mol. The summed E-state index contributed by atoms with van der Waals surface area (Å²) in [5.41, 5.74) is 1.28. The van der Waals surface area contributed by atoms with Crippen molar-refractivity contribution in [2.45, 2.75) is 26.3 Å². The molecule has 0 saturated carbocycles. The Morgan fingerprint density at radius 1 is 1.19 bits per heavy atom. The smallest absolute Gasteiger partial charge is 0.0386 e. The Balaban J connectivity index is 1.95. The Hall–Kier alpha value is -1.71. The van der Waals surface area contributed by atoms with Gasteiger partial charge in [-0.25, -0.2) is 0 Å². The molecular weight excluding hydrogens is 276 g/mol. The van der Waals surface area contributed by atoms with Crippen LogP contribution in [0.3, 0.4) is 0 Å². The van der Waals surface area contributed by atoms with Crippen molar-refractivity contribution in [3.63, 3.8) is 0 Å². The van der Waals surface area contributed by atoms with Gasteiger partial charge >= 0.3 is 0 Å². The summed E-state index contributed by atoms with van der Waals surface area (Å²) in [5, 5.41) is 6.02. The number of nitrogens with one attached hydrogen (secondary N) is 1. The number of pyridine rings is 1. The standard InChI is InChI=1S/C18H20N2S/c1-3-10-20-13(2)17-7-8-18(21-17)15-6-4-5-14-9-11-19-12-16(14)15/h4-9,11-13,20H,3,10H2,1-2H3. The van der Waals surface area contributed by atoms with E-state index in [0.29, 0.717) is 6.04 Å². The van der Waals surface area contributed by atoms with Gasteiger partial charge in [0.05, 0.1) is 0 Å². The lowest BCUT2D eigenvalue weighted by Crippen LogP contribution is -2.18. The van der Waals surface area contributed by atoms with Gasteiger partial charge in [-0.3, -0.25) is 4.98 Å². The largest absolute Gasteiger partial charge is 0.309 e. The summed E-state index contributed by atoms with van der Waals surface area (Å²) in [5.74, 6) is 0. The van der Waals surface area contributed by atoms with Crippen LogP contribution < -0.4 is 5.32 Å². The third-order valence-corrected chi connectivity index (χ3v) is 5.00. The van der Waals surface area contributed by atoms with Crippen LogP contribution in [0.2, 0.25) is 0 Å². The summed E-state index contributed by atoms with van der Waals surface area (Å²) >= 11 is 1.87. The van der Waals surface area contributed by atoms with E-state index in [0.717, 1.165) is 13.0 Å². The number of benzene rings is 1. The van der Waals surface area contributed by atoms with Crippen LogP contribution in [0.25, 0.3) is 21.2 Å². The summed E-state index contributed by atoms with van der Waals surface area (Å²) < 4.78 is 0. The lowest BCUT2D eigenvalue weighted by molar-refractivity contribution is 0.578. The van der Waals surface area contributed by atoms with Crippen LogP contribution in [0.4, 0.5) is 0 Å². The zero-order chi connectivity index (χ0) is 14.7. The predicted octanol–water partition coefficient (Wildman–Crippen LogP) is 5.02. The fourth-order valence-corrected chi connectivity index (χ4v) is 3.59. The molecule has 0 bridgehead atoms. The molecule has 1 atom stereocenters. The maximum absolute atomic E-state index is 4.27. The lowest BCUT2D eigenvalue weighted by atomic mass is 10.1. The molecule has 108 valence electrons. The fraction of sp³-hybridized carbons (Fsp3) is 0.278. The number of nitrogens with zero attached hydrogens (tertiary/aromatic N) is 1. The van der Waals surface area contributed by atoms with E-state index < -0.39 is 0 Å². The highest BCUT2D eigenvalue weighted by molar-refractivity contribution is 7.15. The lowest BCUT2D eigenvalue weighted by Gasteiger charge is -2.10. The topological polar surface area (TPSA) is 24.9 Å². The molecule has 0 aliphatic rings. The summed E-state index contributed by atoms with van der Waals surface area (Å²) in [6.45, 7) is 5.49. The fourth-order valence-electron chi connectivity index (χ4n) is 2.52. The van der Waals surface area contributed by atoms with Crippen LogP contribution >= 0.6 is 11.3 Å². The van der Waals surface area contributed by atoms with E-state index in [1.165, 1.54) is 26.1 Å². The maximum atomic E-state index is 4.27. The van der Waals surface area contributed by atoms with Gasteiger partial charge in [-0.05, 0) is 43.5 Å². The van der Waals surface area contributed by atoms with E-state index in [1.807, 2.05) is 23.7 Å². The number of rotatable bonds is 5. The molecule has 2 heterocycles. The van der Waals surface area contributed by atoms with Crippen LogP contribution in [0.1, 0.15) is 31.2 Å². The van der Waals surface area contributed by atoms with Gasteiger partial charge in [0.1, 0.15) is 0 Å². The van der Waals surface area contributed by atoms with Crippen molar-refractivity contribution < 1.29 is 0 Å². The van der Waals surface area contributed by atoms with E-state index in [1.54, 1.807) is 0 Å². The molecule has 2 aromatic heterocycles. The highest BCUT2D eigenvalue weighted by atomic mass is 32.1. The van der Waals surface area contributed by atoms with E-state index in [-0.39, 0.29) is 0 Å². The van der Waals surface area contributed by atoms with Gasteiger partial charge < -0.3 is 5.32 Å². The van der Waals surface area contributed by atoms with Crippen LogP contribution in [0, 0.1) is 0 Å². The number of hydrogen-bond acceptors (Lipinski definition) is 3. The molecule has 3 heteroatoms. The quantitative estimate of drug-likeness (QED) is 0.714. The van der Waals surface area contributed by atoms with E-state index >= 15 is 0 Å². The van der Waals surface area contributed by atoms with Crippen molar-refractivity contribution >= 4 is 22.1 Å². The van der Waals surface area contributed by atoms with Crippen molar-refractivity contribution in [2.75, 3.05) is 6.54 Å². The third kappa shape index (κ3) is 2.99. The van der Waals surface area contributed by atoms with E-state index in [9.17, 15) is 0 Å². The van der Waals surface area contributed by atoms with Gasteiger partial charge in [-0.15, -0.1) is 11.3 Å². The SMILES string of the molecule is CCCNC(C)c1ccc(-c2cccc3ccncc23)s1. The van der Waals surface area contributed by atoms with Crippen molar-refractivity contribution in [3.05, 3.63) is 53.7 Å². The zero-order valence-electron chi connectivity index (χ0n) is 12.5. The molecule has 21 heavy (non-hydrogen) atoms. The Morgan fingerprint density at radius 3 is 2.95 bits per heavy atom. The Bertz CT molecular complexity index is 727. The molecule has 1 aromatic carbocycles. The number of fused-ring (bicyclic) bond motifs is 1. The second kappa shape index (κ2) is 6.37. The second-order valence-electron chi connectivity index (χ2n) is 5.28. The average Bonchev–Trinajstić information content (AvgIpc) is 3.02. The predicted molar refractivity (Wildman–Crippen MR) is 91.8 cm³/mol. The molecule has 3 aromatic rings. The third-order valence-electron chi connectivity index (χ3n) is 3.70. The maximum Gasteiger partial charge on any atom is 0.0386 e. The van der Waals surface area contributed by atoms with E-state index in [2.05, 4.69) is 60.5 Å². The molecule has 0 saturated heterocycles. The summed E-state index contributed by atoms with van der Waals surface area (Å²) in [7, 11) is 0. The highest BCUT2D eigenvalue weighted by Gasteiger charge is 2.10. The first-order valence-corrected chi connectivity index (χ1v) is 8.27. The van der Waals surface area contributed by atoms with Crippen LogP contribution in [-0.2, 0) is 0 Å². The van der Waals surface area contributed by atoms with Crippen LogP contribution in [0.5, 0.6) is 0 Å². The molecule has 2 nitrogen and oxygen atoms in total. The first kappa shape index (κ1) is 14.2. The Morgan fingerprint density at radius 2 is 2.10 bits per heavy atom. The van der Waals surface area contributed by atoms with Gasteiger partial charge in [0.15, 0.2) is 0 Å². The first-order valence-electron chi connectivity index (χ1n) is 7.46. The zero-order valence-corrected chi connectivity index (χ0v) is 13.3. The highest BCUT2D eigenvalue weighted by Crippen LogP contribution is 2.35. The molecule has 1 unspecified atom stereocenters. The van der Waals surface area contributed by atoms with Gasteiger partial charge in [0, 0.05) is 39.1 Å². The number of thiophene rings is 1. The van der Waals surface area contributed by atoms with Crippen molar-refractivity contribution in [1.82, 2.24) is 10.3 Å². The summed E-state index contributed by atoms with van der Waals surface area (Å²) in [4.78, 5) is 6.98. The number of aromatic nitrogens is 1. The van der Waals surface area contributed by atoms with Crippen LogP contribution in [-0.4, -0.2) is 11.5 Å². The minimum Gasteiger partial charge on any atom is -0.309 e. The van der Waals surface area contributed by atoms with Gasteiger partial charge in [-0.1, -0.05) is 25.1 Å². The minimum atomic E-state index is 0.414. The molecule has 3 rings (SSSR count).